The number of thiazole rings is 1. The van der Waals surface area contributed by atoms with Crippen LogP contribution in [0.2, 0.25) is 0 Å². The summed E-state index contributed by atoms with van der Waals surface area (Å²) in [7, 11) is 0. The third kappa shape index (κ3) is 3.20. The summed E-state index contributed by atoms with van der Waals surface area (Å²) < 4.78 is 0. The molecule has 1 rings (SSSR count). The number of aromatic nitrogens is 1. The van der Waals surface area contributed by atoms with E-state index in [2.05, 4.69) is 10.3 Å². The van der Waals surface area contributed by atoms with Crippen LogP contribution in [0.25, 0.3) is 0 Å². The minimum absolute atomic E-state index is 0.110. The maximum Gasteiger partial charge on any atom is 0.263 e. The number of carbonyl (C=O) groups is 2. The van der Waals surface area contributed by atoms with Gasteiger partial charge in [0.05, 0.1) is 5.69 Å². The molecule has 88 valence electrons. The van der Waals surface area contributed by atoms with Crippen LogP contribution in [0.5, 0.6) is 0 Å². The standard InChI is InChI=1S/C9H14N4O2S/c1-4(3-6(10)14)12-8(15)7-5(2)13-9(11)16-7/h4H,3H2,1-2H3,(H2,10,14)(H2,11,13)(H,12,15). The van der Waals surface area contributed by atoms with Gasteiger partial charge in [0.1, 0.15) is 4.88 Å². The van der Waals surface area contributed by atoms with Gasteiger partial charge in [0, 0.05) is 12.5 Å². The van der Waals surface area contributed by atoms with Gasteiger partial charge in [0.25, 0.3) is 5.91 Å². The largest absolute Gasteiger partial charge is 0.375 e. The van der Waals surface area contributed by atoms with Crippen molar-refractivity contribution in [1.29, 1.82) is 0 Å². The molecule has 0 bridgehead atoms. The lowest BCUT2D eigenvalue weighted by Gasteiger charge is -2.10. The first-order valence-corrected chi connectivity index (χ1v) is 5.54. The van der Waals surface area contributed by atoms with Gasteiger partial charge in [-0.25, -0.2) is 4.98 Å². The Balaban J connectivity index is 2.65. The zero-order chi connectivity index (χ0) is 12.3. The summed E-state index contributed by atoms with van der Waals surface area (Å²) in [6.45, 7) is 3.42. The second-order valence-corrected chi connectivity index (χ2v) is 4.54. The van der Waals surface area contributed by atoms with Crippen molar-refractivity contribution < 1.29 is 9.59 Å². The van der Waals surface area contributed by atoms with Crippen LogP contribution in [-0.2, 0) is 4.79 Å². The number of hydrogen-bond donors (Lipinski definition) is 3. The number of nitrogens with zero attached hydrogens (tertiary/aromatic N) is 1. The van der Waals surface area contributed by atoms with Gasteiger partial charge in [-0.15, -0.1) is 0 Å². The lowest BCUT2D eigenvalue weighted by Crippen LogP contribution is -2.35. The quantitative estimate of drug-likeness (QED) is 0.691. The molecule has 7 heteroatoms. The normalized spacial score (nSPS) is 12.1. The Kier molecular flexibility index (Phi) is 3.83. The monoisotopic (exact) mass is 242 g/mol. The van der Waals surface area contributed by atoms with E-state index in [9.17, 15) is 9.59 Å². The Morgan fingerprint density at radius 2 is 2.19 bits per heavy atom. The van der Waals surface area contributed by atoms with Gasteiger partial charge in [-0.05, 0) is 13.8 Å². The molecule has 0 radical (unpaired) electrons. The van der Waals surface area contributed by atoms with E-state index in [0.717, 1.165) is 11.3 Å². The van der Waals surface area contributed by atoms with Crippen LogP contribution < -0.4 is 16.8 Å². The highest BCUT2D eigenvalue weighted by Crippen LogP contribution is 2.19. The summed E-state index contributed by atoms with van der Waals surface area (Å²) in [5.41, 5.74) is 11.1. The SMILES string of the molecule is Cc1nc(N)sc1C(=O)NC(C)CC(N)=O. The molecule has 0 aliphatic carbocycles. The van der Waals surface area contributed by atoms with Gasteiger partial charge in [-0.3, -0.25) is 9.59 Å². The van der Waals surface area contributed by atoms with Crippen molar-refractivity contribution in [2.75, 3.05) is 5.73 Å². The van der Waals surface area contributed by atoms with E-state index in [0.29, 0.717) is 15.7 Å². The van der Waals surface area contributed by atoms with E-state index in [-0.39, 0.29) is 18.4 Å². The molecular weight excluding hydrogens is 228 g/mol. The molecule has 0 aliphatic rings. The smallest absolute Gasteiger partial charge is 0.263 e. The summed E-state index contributed by atoms with van der Waals surface area (Å²) in [6, 6.07) is -0.298. The molecule has 5 N–H and O–H groups in total. The maximum atomic E-state index is 11.7. The molecule has 0 saturated carbocycles. The fourth-order valence-electron chi connectivity index (χ4n) is 1.27. The van der Waals surface area contributed by atoms with Crippen LogP contribution in [0.1, 0.15) is 28.7 Å². The fraction of sp³-hybridized carbons (Fsp3) is 0.444. The zero-order valence-corrected chi connectivity index (χ0v) is 9.93. The molecule has 0 saturated heterocycles. The van der Waals surface area contributed by atoms with Gasteiger partial charge < -0.3 is 16.8 Å². The first kappa shape index (κ1) is 12.4. The lowest BCUT2D eigenvalue weighted by atomic mass is 10.2. The Morgan fingerprint density at radius 1 is 1.56 bits per heavy atom. The van der Waals surface area contributed by atoms with Crippen LogP contribution in [0, 0.1) is 6.92 Å². The van der Waals surface area contributed by atoms with Crippen molar-refractivity contribution in [2.24, 2.45) is 5.73 Å². The Labute approximate surface area is 97.0 Å². The molecular formula is C9H14N4O2S. The van der Waals surface area contributed by atoms with E-state index in [4.69, 9.17) is 11.5 Å². The summed E-state index contributed by atoms with van der Waals surface area (Å²) in [5, 5.41) is 3.01. The third-order valence-corrected chi connectivity index (χ3v) is 2.89. The summed E-state index contributed by atoms with van der Waals surface area (Å²) >= 11 is 1.12. The van der Waals surface area contributed by atoms with E-state index >= 15 is 0 Å². The molecule has 1 atom stereocenters. The number of amides is 2. The van der Waals surface area contributed by atoms with Gasteiger partial charge >= 0.3 is 0 Å². The average molecular weight is 242 g/mol. The van der Waals surface area contributed by atoms with E-state index in [1.807, 2.05) is 0 Å². The Hall–Kier alpha value is -1.63. The molecule has 1 unspecified atom stereocenters. The number of primary amides is 1. The van der Waals surface area contributed by atoms with E-state index in [1.165, 1.54) is 0 Å². The van der Waals surface area contributed by atoms with Crippen molar-refractivity contribution >= 4 is 28.3 Å². The summed E-state index contributed by atoms with van der Waals surface area (Å²) in [4.78, 5) is 26.8. The minimum Gasteiger partial charge on any atom is -0.375 e. The van der Waals surface area contributed by atoms with Crippen molar-refractivity contribution in [3.63, 3.8) is 0 Å². The van der Waals surface area contributed by atoms with Gasteiger partial charge in [-0.2, -0.15) is 0 Å². The Morgan fingerprint density at radius 3 is 2.62 bits per heavy atom. The molecule has 0 aromatic carbocycles. The van der Waals surface area contributed by atoms with E-state index < -0.39 is 5.91 Å². The number of rotatable bonds is 4. The predicted octanol–water partition coefficient (Wildman–Crippen LogP) is 0.0274. The van der Waals surface area contributed by atoms with Gasteiger partial charge in [0.2, 0.25) is 5.91 Å². The number of anilines is 1. The maximum absolute atomic E-state index is 11.7. The highest BCUT2D eigenvalue weighted by molar-refractivity contribution is 7.17. The molecule has 0 aliphatic heterocycles. The molecule has 6 nitrogen and oxygen atoms in total. The van der Waals surface area contributed by atoms with Crippen molar-refractivity contribution in [3.05, 3.63) is 10.6 Å². The highest BCUT2D eigenvalue weighted by atomic mass is 32.1. The molecule has 1 heterocycles. The van der Waals surface area contributed by atoms with E-state index in [1.54, 1.807) is 13.8 Å². The van der Waals surface area contributed by atoms with Crippen molar-refractivity contribution in [2.45, 2.75) is 26.3 Å². The average Bonchev–Trinajstić information content (AvgIpc) is 2.43. The van der Waals surface area contributed by atoms with Gasteiger partial charge in [-0.1, -0.05) is 11.3 Å². The van der Waals surface area contributed by atoms with Crippen LogP contribution >= 0.6 is 11.3 Å². The van der Waals surface area contributed by atoms with Crippen LogP contribution in [0.15, 0.2) is 0 Å². The zero-order valence-electron chi connectivity index (χ0n) is 9.11. The lowest BCUT2D eigenvalue weighted by molar-refractivity contribution is -0.118. The third-order valence-electron chi connectivity index (χ3n) is 1.90. The molecule has 1 aromatic heterocycles. The topological polar surface area (TPSA) is 111 Å². The number of aryl methyl sites for hydroxylation is 1. The first-order valence-electron chi connectivity index (χ1n) is 4.72. The molecule has 0 fully saturated rings. The number of nitrogens with two attached hydrogens (primary N) is 2. The Bertz CT molecular complexity index is 416. The van der Waals surface area contributed by atoms with Crippen LogP contribution in [0.3, 0.4) is 0 Å². The molecule has 1 aromatic rings. The van der Waals surface area contributed by atoms with Gasteiger partial charge in [0.15, 0.2) is 5.13 Å². The first-order chi connectivity index (χ1) is 7.40. The number of carbonyl (C=O) groups excluding carboxylic acids is 2. The minimum atomic E-state index is -0.451. The second-order valence-electron chi connectivity index (χ2n) is 3.51. The molecule has 0 spiro atoms. The predicted molar refractivity (Wildman–Crippen MR) is 62.0 cm³/mol. The molecule has 16 heavy (non-hydrogen) atoms. The second kappa shape index (κ2) is 4.93. The highest BCUT2D eigenvalue weighted by Gasteiger charge is 2.16. The van der Waals surface area contributed by atoms with Crippen LogP contribution in [-0.4, -0.2) is 22.8 Å². The number of nitrogen functional groups attached to an aromatic ring is 1. The number of hydrogen-bond acceptors (Lipinski definition) is 5. The fourth-order valence-corrected chi connectivity index (χ4v) is 2.01. The summed E-state index contributed by atoms with van der Waals surface area (Å²) in [6.07, 6.45) is 0.110. The summed E-state index contributed by atoms with van der Waals surface area (Å²) in [5.74, 6) is -0.728. The molecule has 2 amide bonds. The van der Waals surface area contributed by atoms with Crippen molar-refractivity contribution in [1.82, 2.24) is 10.3 Å². The van der Waals surface area contributed by atoms with Crippen molar-refractivity contribution in [3.8, 4) is 0 Å². The van der Waals surface area contributed by atoms with Crippen LogP contribution in [0.4, 0.5) is 5.13 Å². The number of nitrogens with one attached hydrogen (secondary N) is 1.